The SMILES string of the molecule is COC(=O)[C@H](C)CC(C(C)=O)C(C)=O. The van der Waals surface area contributed by atoms with Crippen molar-refractivity contribution < 1.29 is 19.1 Å². The fraction of sp³-hybridized carbons (Fsp3) is 0.700. The first-order valence-corrected chi connectivity index (χ1v) is 4.48. The lowest BCUT2D eigenvalue weighted by Crippen LogP contribution is -2.25. The smallest absolute Gasteiger partial charge is 0.308 e. The molecule has 0 spiro atoms. The van der Waals surface area contributed by atoms with Crippen molar-refractivity contribution >= 4 is 17.5 Å². The highest BCUT2D eigenvalue weighted by Gasteiger charge is 2.25. The zero-order valence-corrected chi connectivity index (χ0v) is 8.99. The van der Waals surface area contributed by atoms with Gasteiger partial charge in [-0.2, -0.15) is 0 Å². The molecule has 4 heteroatoms. The molecule has 0 N–H and O–H groups in total. The van der Waals surface area contributed by atoms with E-state index < -0.39 is 17.8 Å². The normalized spacial score (nSPS) is 12.4. The standard InChI is InChI=1S/C10H16O4/c1-6(10(13)14-4)5-9(7(2)11)8(3)12/h6,9H,5H2,1-4H3/t6-/m1/s1. The van der Waals surface area contributed by atoms with Crippen LogP contribution in [0, 0.1) is 11.8 Å². The minimum atomic E-state index is -0.677. The molecule has 0 radical (unpaired) electrons. The zero-order chi connectivity index (χ0) is 11.3. The van der Waals surface area contributed by atoms with Gasteiger partial charge in [-0.05, 0) is 20.3 Å². The van der Waals surface area contributed by atoms with Crippen LogP contribution in [0.5, 0.6) is 0 Å². The van der Waals surface area contributed by atoms with Crippen LogP contribution in [0.25, 0.3) is 0 Å². The van der Waals surface area contributed by atoms with Gasteiger partial charge < -0.3 is 4.74 Å². The van der Waals surface area contributed by atoms with Gasteiger partial charge >= 0.3 is 5.97 Å². The van der Waals surface area contributed by atoms with Gasteiger partial charge in [0.15, 0.2) is 0 Å². The minimum absolute atomic E-state index is 0.201. The minimum Gasteiger partial charge on any atom is -0.469 e. The largest absolute Gasteiger partial charge is 0.469 e. The zero-order valence-electron chi connectivity index (χ0n) is 8.99. The van der Waals surface area contributed by atoms with Crippen LogP contribution in [0.15, 0.2) is 0 Å². The fourth-order valence-corrected chi connectivity index (χ4v) is 1.27. The first kappa shape index (κ1) is 12.8. The Bertz CT molecular complexity index is 231. The quantitative estimate of drug-likeness (QED) is 0.490. The molecule has 0 rings (SSSR count). The number of Topliss-reactive ketones (excluding diaryl/α,β-unsaturated/α-hetero) is 2. The van der Waals surface area contributed by atoms with Crippen molar-refractivity contribution in [2.24, 2.45) is 11.8 Å². The highest BCUT2D eigenvalue weighted by molar-refractivity contribution is 6.00. The molecule has 0 amide bonds. The van der Waals surface area contributed by atoms with Crippen molar-refractivity contribution in [1.82, 2.24) is 0 Å². The van der Waals surface area contributed by atoms with E-state index in [0.717, 1.165) is 0 Å². The van der Waals surface area contributed by atoms with Gasteiger partial charge in [0.1, 0.15) is 11.6 Å². The summed E-state index contributed by atoms with van der Waals surface area (Å²) in [6.45, 7) is 4.36. The van der Waals surface area contributed by atoms with Gasteiger partial charge in [0, 0.05) is 0 Å². The molecule has 4 nitrogen and oxygen atoms in total. The van der Waals surface area contributed by atoms with E-state index in [-0.39, 0.29) is 18.0 Å². The maximum atomic E-state index is 11.1. The van der Waals surface area contributed by atoms with Gasteiger partial charge in [-0.3, -0.25) is 14.4 Å². The summed E-state index contributed by atoms with van der Waals surface area (Å²) in [6, 6.07) is 0. The molecule has 1 atom stereocenters. The maximum Gasteiger partial charge on any atom is 0.308 e. The van der Waals surface area contributed by atoms with E-state index >= 15 is 0 Å². The Labute approximate surface area is 83.6 Å². The lowest BCUT2D eigenvalue weighted by atomic mass is 9.90. The first-order chi connectivity index (χ1) is 6.40. The summed E-state index contributed by atoms with van der Waals surface area (Å²) in [4.78, 5) is 33.2. The Kier molecular flexibility index (Phi) is 5.05. The van der Waals surface area contributed by atoms with Crippen molar-refractivity contribution in [1.29, 1.82) is 0 Å². The third-order valence-corrected chi connectivity index (χ3v) is 2.17. The Morgan fingerprint density at radius 2 is 1.57 bits per heavy atom. The van der Waals surface area contributed by atoms with Crippen LogP contribution in [-0.4, -0.2) is 24.6 Å². The summed E-state index contributed by atoms with van der Waals surface area (Å²) in [5, 5.41) is 0. The number of rotatable bonds is 5. The number of hydrogen-bond acceptors (Lipinski definition) is 4. The van der Waals surface area contributed by atoms with Crippen LogP contribution < -0.4 is 0 Å². The van der Waals surface area contributed by atoms with E-state index in [9.17, 15) is 14.4 Å². The lowest BCUT2D eigenvalue weighted by molar-refractivity contribution is -0.145. The van der Waals surface area contributed by atoms with Crippen LogP contribution in [0.2, 0.25) is 0 Å². The third-order valence-electron chi connectivity index (χ3n) is 2.17. The predicted molar refractivity (Wildman–Crippen MR) is 50.6 cm³/mol. The van der Waals surface area contributed by atoms with Crippen LogP contribution >= 0.6 is 0 Å². The summed E-state index contributed by atoms with van der Waals surface area (Å²) >= 11 is 0. The van der Waals surface area contributed by atoms with Crippen molar-refractivity contribution in [3.8, 4) is 0 Å². The number of esters is 1. The molecule has 14 heavy (non-hydrogen) atoms. The molecular weight excluding hydrogens is 184 g/mol. The molecule has 0 heterocycles. The highest BCUT2D eigenvalue weighted by Crippen LogP contribution is 2.15. The number of ketones is 2. The molecule has 80 valence electrons. The Morgan fingerprint density at radius 1 is 1.14 bits per heavy atom. The number of hydrogen-bond donors (Lipinski definition) is 0. The molecule has 0 unspecified atom stereocenters. The van der Waals surface area contributed by atoms with Crippen LogP contribution in [0.4, 0.5) is 0 Å². The van der Waals surface area contributed by atoms with E-state index in [2.05, 4.69) is 4.74 Å². The molecule has 0 saturated carbocycles. The monoisotopic (exact) mass is 200 g/mol. The lowest BCUT2D eigenvalue weighted by Gasteiger charge is -2.14. The van der Waals surface area contributed by atoms with Crippen molar-refractivity contribution in [2.75, 3.05) is 7.11 Å². The Balaban J connectivity index is 4.38. The number of carbonyl (C=O) groups is 3. The van der Waals surface area contributed by atoms with Gasteiger partial charge in [0.25, 0.3) is 0 Å². The average Bonchev–Trinajstić information content (AvgIpc) is 2.11. The fourth-order valence-electron chi connectivity index (χ4n) is 1.27. The molecule has 0 aliphatic heterocycles. The molecule has 0 saturated heterocycles. The van der Waals surface area contributed by atoms with Crippen molar-refractivity contribution in [3.05, 3.63) is 0 Å². The van der Waals surface area contributed by atoms with E-state index in [0.29, 0.717) is 0 Å². The second kappa shape index (κ2) is 5.52. The summed E-state index contributed by atoms with van der Waals surface area (Å²) < 4.78 is 4.51. The Hall–Kier alpha value is -1.19. The molecular formula is C10H16O4. The van der Waals surface area contributed by atoms with Crippen LogP contribution in [-0.2, 0) is 19.1 Å². The first-order valence-electron chi connectivity index (χ1n) is 4.48. The Morgan fingerprint density at radius 3 is 1.86 bits per heavy atom. The molecule has 0 aromatic heterocycles. The summed E-state index contributed by atoms with van der Waals surface area (Å²) in [6.07, 6.45) is 0.233. The molecule has 0 aromatic carbocycles. The summed E-state index contributed by atoms with van der Waals surface area (Å²) in [5.74, 6) is -1.89. The molecule has 0 fully saturated rings. The molecule has 0 aliphatic carbocycles. The van der Waals surface area contributed by atoms with E-state index in [1.165, 1.54) is 21.0 Å². The summed E-state index contributed by atoms with van der Waals surface area (Å²) in [5.41, 5.74) is 0. The molecule has 0 bridgehead atoms. The van der Waals surface area contributed by atoms with Gasteiger partial charge in [-0.1, -0.05) is 6.92 Å². The number of methoxy groups -OCH3 is 1. The van der Waals surface area contributed by atoms with E-state index in [1.807, 2.05) is 0 Å². The number of ether oxygens (including phenoxy) is 1. The average molecular weight is 200 g/mol. The summed E-state index contributed by atoms with van der Waals surface area (Å²) in [7, 11) is 1.29. The van der Waals surface area contributed by atoms with E-state index in [4.69, 9.17) is 0 Å². The van der Waals surface area contributed by atoms with Crippen LogP contribution in [0.3, 0.4) is 0 Å². The second-order valence-corrected chi connectivity index (χ2v) is 3.43. The van der Waals surface area contributed by atoms with Crippen LogP contribution in [0.1, 0.15) is 27.2 Å². The molecule has 0 aliphatic rings. The van der Waals surface area contributed by atoms with Crippen molar-refractivity contribution in [3.63, 3.8) is 0 Å². The highest BCUT2D eigenvalue weighted by atomic mass is 16.5. The van der Waals surface area contributed by atoms with Crippen molar-refractivity contribution in [2.45, 2.75) is 27.2 Å². The molecule has 0 aromatic rings. The predicted octanol–water partition coefficient (Wildman–Crippen LogP) is 0.980. The maximum absolute atomic E-state index is 11.1. The number of carbonyl (C=O) groups excluding carboxylic acids is 3. The van der Waals surface area contributed by atoms with E-state index in [1.54, 1.807) is 6.92 Å². The third kappa shape index (κ3) is 3.68. The topological polar surface area (TPSA) is 60.4 Å². The second-order valence-electron chi connectivity index (χ2n) is 3.43. The van der Waals surface area contributed by atoms with Gasteiger partial charge in [0.05, 0.1) is 18.9 Å². The van der Waals surface area contributed by atoms with Gasteiger partial charge in [0.2, 0.25) is 0 Å². The van der Waals surface area contributed by atoms with Gasteiger partial charge in [-0.15, -0.1) is 0 Å². The van der Waals surface area contributed by atoms with Gasteiger partial charge in [-0.25, -0.2) is 0 Å².